The number of carbonyl (C=O) groups is 2. The lowest BCUT2D eigenvalue weighted by molar-refractivity contribution is -0.138. The predicted octanol–water partition coefficient (Wildman–Crippen LogP) is 3.12. The number of carbonyl (C=O) groups excluding carboxylic acids is 1. The zero-order valence-corrected chi connectivity index (χ0v) is 16.7. The van der Waals surface area contributed by atoms with Crippen molar-refractivity contribution in [3.05, 3.63) is 35.6 Å². The summed E-state index contributed by atoms with van der Waals surface area (Å²) in [6.45, 7) is 2.06. The van der Waals surface area contributed by atoms with Gasteiger partial charge in [0.05, 0.1) is 6.54 Å². The van der Waals surface area contributed by atoms with Crippen LogP contribution in [-0.4, -0.2) is 66.2 Å². The molecule has 1 saturated heterocycles. The van der Waals surface area contributed by atoms with Crippen LogP contribution in [0.4, 0.5) is 9.18 Å². The van der Waals surface area contributed by atoms with Crippen molar-refractivity contribution in [1.29, 1.82) is 0 Å². The van der Waals surface area contributed by atoms with Gasteiger partial charge in [0.2, 0.25) is 0 Å². The number of nitrogens with one attached hydrogen (secondary N) is 1. The van der Waals surface area contributed by atoms with Crippen LogP contribution in [0.1, 0.15) is 44.1 Å². The van der Waals surface area contributed by atoms with Gasteiger partial charge >= 0.3 is 12.0 Å². The summed E-state index contributed by atoms with van der Waals surface area (Å²) in [6, 6.07) is 6.79. The summed E-state index contributed by atoms with van der Waals surface area (Å²) in [7, 11) is 1.83. The lowest BCUT2D eigenvalue weighted by Crippen LogP contribution is -2.41. The minimum atomic E-state index is -0.819. The minimum Gasteiger partial charge on any atom is -0.480 e. The Hall–Kier alpha value is -2.15. The van der Waals surface area contributed by atoms with E-state index in [9.17, 15) is 14.0 Å². The van der Waals surface area contributed by atoms with Gasteiger partial charge in [-0.1, -0.05) is 18.6 Å². The monoisotopic (exact) mass is 393 g/mol. The van der Waals surface area contributed by atoms with Crippen molar-refractivity contribution in [2.75, 3.05) is 33.2 Å². The van der Waals surface area contributed by atoms with E-state index < -0.39 is 5.97 Å². The number of amides is 2. The molecular formula is C21H32FN3O3. The van der Waals surface area contributed by atoms with Gasteiger partial charge in [0, 0.05) is 25.7 Å². The van der Waals surface area contributed by atoms with Gasteiger partial charge in [-0.3, -0.25) is 9.69 Å². The van der Waals surface area contributed by atoms with Gasteiger partial charge < -0.3 is 15.3 Å². The third kappa shape index (κ3) is 7.84. The maximum absolute atomic E-state index is 12.9. The molecule has 2 rings (SSSR count). The van der Waals surface area contributed by atoms with E-state index in [1.165, 1.54) is 12.1 Å². The maximum Gasteiger partial charge on any atom is 0.317 e. The third-order valence-corrected chi connectivity index (χ3v) is 5.32. The molecule has 1 heterocycles. The first-order valence-electron chi connectivity index (χ1n) is 10.1. The number of hydrogen-bond donors (Lipinski definition) is 2. The van der Waals surface area contributed by atoms with Crippen molar-refractivity contribution >= 4 is 12.0 Å². The van der Waals surface area contributed by atoms with Gasteiger partial charge in [0.25, 0.3) is 0 Å². The van der Waals surface area contributed by atoms with E-state index in [4.69, 9.17) is 5.11 Å². The van der Waals surface area contributed by atoms with Gasteiger partial charge in [-0.25, -0.2) is 9.18 Å². The van der Waals surface area contributed by atoms with Crippen molar-refractivity contribution in [2.24, 2.45) is 0 Å². The van der Waals surface area contributed by atoms with Crippen LogP contribution in [0, 0.1) is 5.82 Å². The van der Waals surface area contributed by atoms with E-state index in [-0.39, 0.29) is 24.4 Å². The molecule has 156 valence electrons. The number of aliphatic carboxylic acids is 1. The van der Waals surface area contributed by atoms with Crippen molar-refractivity contribution in [1.82, 2.24) is 15.1 Å². The first-order valence-corrected chi connectivity index (χ1v) is 10.1. The van der Waals surface area contributed by atoms with Crippen molar-refractivity contribution < 1.29 is 19.1 Å². The Labute approximate surface area is 166 Å². The number of carboxylic acids is 1. The summed E-state index contributed by atoms with van der Waals surface area (Å²) in [5.74, 6) is -1.03. The summed E-state index contributed by atoms with van der Waals surface area (Å²) in [5.41, 5.74) is 1.14. The summed E-state index contributed by atoms with van der Waals surface area (Å²) in [4.78, 5) is 26.9. The number of carboxylic acid groups (broad SMARTS) is 1. The molecule has 1 unspecified atom stereocenters. The van der Waals surface area contributed by atoms with Gasteiger partial charge in [0.1, 0.15) is 5.82 Å². The first-order chi connectivity index (χ1) is 13.5. The molecule has 1 aromatic rings. The fraction of sp³-hybridized carbons (Fsp3) is 0.619. The van der Waals surface area contributed by atoms with Crippen LogP contribution in [0.2, 0.25) is 0 Å². The molecule has 0 bridgehead atoms. The van der Waals surface area contributed by atoms with E-state index in [1.54, 1.807) is 0 Å². The number of likely N-dealkylation sites (tertiary alicyclic amines) is 1. The van der Waals surface area contributed by atoms with Crippen LogP contribution in [0.3, 0.4) is 0 Å². The fourth-order valence-electron chi connectivity index (χ4n) is 3.65. The van der Waals surface area contributed by atoms with E-state index >= 15 is 0 Å². The van der Waals surface area contributed by atoms with Crippen LogP contribution in [0.25, 0.3) is 0 Å². The van der Waals surface area contributed by atoms with Crippen molar-refractivity contribution in [3.8, 4) is 0 Å². The SMILES string of the molecule is CN(CC(=O)O)C1CCCN(C(=O)NCCCCCc2ccc(F)cc2)CC1. The number of benzene rings is 1. The highest BCUT2D eigenvalue weighted by Crippen LogP contribution is 2.16. The molecule has 0 spiro atoms. The summed E-state index contributed by atoms with van der Waals surface area (Å²) in [6.07, 6.45) is 6.48. The number of halogens is 1. The number of unbranched alkanes of at least 4 members (excludes halogenated alkanes) is 2. The van der Waals surface area contributed by atoms with E-state index in [0.29, 0.717) is 19.6 Å². The van der Waals surface area contributed by atoms with Crippen LogP contribution >= 0.6 is 0 Å². The largest absolute Gasteiger partial charge is 0.480 e. The smallest absolute Gasteiger partial charge is 0.317 e. The van der Waals surface area contributed by atoms with Crippen LogP contribution in [0.15, 0.2) is 24.3 Å². The topological polar surface area (TPSA) is 72.9 Å². The predicted molar refractivity (Wildman–Crippen MR) is 107 cm³/mol. The molecule has 1 fully saturated rings. The fourth-order valence-corrected chi connectivity index (χ4v) is 3.65. The number of nitrogens with zero attached hydrogens (tertiary/aromatic N) is 2. The van der Waals surface area contributed by atoms with Gasteiger partial charge in [0.15, 0.2) is 0 Å². The van der Waals surface area contributed by atoms with E-state index in [1.807, 2.05) is 29.0 Å². The second-order valence-corrected chi connectivity index (χ2v) is 7.55. The zero-order chi connectivity index (χ0) is 20.4. The third-order valence-electron chi connectivity index (χ3n) is 5.32. The Morgan fingerprint density at radius 3 is 2.64 bits per heavy atom. The average molecular weight is 394 g/mol. The molecule has 0 saturated carbocycles. The number of hydrogen-bond acceptors (Lipinski definition) is 3. The second kappa shape index (κ2) is 11.6. The molecular weight excluding hydrogens is 361 g/mol. The average Bonchev–Trinajstić information content (AvgIpc) is 2.91. The molecule has 2 N–H and O–H groups in total. The standard InChI is InChI=1S/C21H32FN3O3/c1-24(16-20(26)27)19-7-5-14-25(15-12-19)21(28)23-13-4-2-3-6-17-8-10-18(22)11-9-17/h8-11,19H,2-7,12-16H2,1H3,(H,23,28)(H,26,27). The highest BCUT2D eigenvalue weighted by molar-refractivity contribution is 5.74. The van der Waals surface area contributed by atoms with Crippen LogP contribution < -0.4 is 5.32 Å². The van der Waals surface area contributed by atoms with Crippen LogP contribution in [-0.2, 0) is 11.2 Å². The van der Waals surface area contributed by atoms with Crippen molar-refractivity contribution in [3.63, 3.8) is 0 Å². The molecule has 1 aromatic carbocycles. The highest BCUT2D eigenvalue weighted by Gasteiger charge is 2.23. The summed E-state index contributed by atoms with van der Waals surface area (Å²) in [5, 5.41) is 11.9. The normalized spacial score (nSPS) is 17.4. The molecule has 0 aromatic heterocycles. The Balaban J connectivity index is 1.59. The molecule has 1 aliphatic heterocycles. The van der Waals surface area contributed by atoms with Gasteiger partial charge in [-0.15, -0.1) is 0 Å². The molecule has 0 radical (unpaired) electrons. The Bertz CT molecular complexity index is 624. The van der Waals surface area contributed by atoms with E-state index in [0.717, 1.165) is 50.5 Å². The molecule has 1 atom stereocenters. The molecule has 1 aliphatic rings. The molecule has 6 nitrogen and oxygen atoms in total. The zero-order valence-electron chi connectivity index (χ0n) is 16.7. The molecule has 2 amide bonds. The van der Waals surface area contributed by atoms with Gasteiger partial charge in [-0.05, 0) is 63.3 Å². The summed E-state index contributed by atoms with van der Waals surface area (Å²) >= 11 is 0. The number of likely N-dealkylation sites (N-methyl/N-ethyl adjacent to an activating group) is 1. The first kappa shape index (κ1) is 22.1. The number of aryl methyl sites for hydroxylation is 1. The molecule has 7 heteroatoms. The van der Waals surface area contributed by atoms with E-state index in [2.05, 4.69) is 5.32 Å². The Morgan fingerprint density at radius 2 is 1.93 bits per heavy atom. The second-order valence-electron chi connectivity index (χ2n) is 7.55. The maximum atomic E-state index is 12.9. The lowest BCUT2D eigenvalue weighted by atomic mass is 10.1. The molecule has 28 heavy (non-hydrogen) atoms. The highest BCUT2D eigenvalue weighted by atomic mass is 19.1. The number of urea groups is 1. The van der Waals surface area contributed by atoms with Crippen LogP contribution in [0.5, 0.6) is 0 Å². The minimum absolute atomic E-state index is 0.0277. The van der Waals surface area contributed by atoms with Crippen molar-refractivity contribution in [2.45, 2.75) is 51.0 Å². The Kier molecular flexibility index (Phi) is 9.20. The lowest BCUT2D eigenvalue weighted by Gasteiger charge is -2.25. The number of rotatable bonds is 9. The quantitative estimate of drug-likeness (QED) is 0.633. The summed E-state index contributed by atoms with van der Waals surface area (Å²) < 4.78 is 12.9. The Morgan fingerprint density at radius 1 is 1.18 bits per heavy atom. The van der Waals surface area contributed by atoms with Gasteiger partial charge in [-0.2, -0.15) is 0 Å². The molecule has 0 aliphatic carbocycles.